The molecule has 1 amide bonds. The predicted octanol–water partition coefficient (Wildman–Crippen LogP) is 5.65. The monoisotopic (exact) mass is 416 g/mol. The molecule has 0 spiro atoms. The molecule has 0 fully saturated rings. The van der Waals surface area contributed by atoms with E-state index in [0.717, 1.165) is 36.8 Å². The van der Waals surface area contributed by atoms with Gasteiger partial charge in [0.25, 0.3) is 0 Å². The van der Waals surface area contributed by atoms with Gasteiger partial charge in [-0.2, -0.15) is 0 Å². The third-order valence-corrected chi connectivity index (χ3v) is 6.73. The van der Waals surface area contributed by atoms with Crippen LogP contribution in [-0.2, 0) is 4.79 Å². The Kier molecular flexibility index (Phi) is 6.82. The minimum Gasteiger partial charge on any atom is -0.497 e. The minimum atomic E-state index is -0.0260. The molecule has 7 heteroatoms. The lowest BCUT2D eigenvalue weighted by Crippen LogP contribution is -2.14. The van der Waals surface area contributed by atoms with Crippen LogP contribution < -0.4 is 10.1 Å². The molecule has 0 saturated heterocycles. The highest BCUT2D eigenvalue weighted by molar-refractivity contribution is 8.01. The number of hydrogen-bond donors (Lipinski definition) is 1. The first-order chi connectivity index (χ1) is 13.0. The molecule has 0 bridgehead atoms. The van der Waals surface area contributed by atoms with E-state index < -0.39 is 0 Å². The summed E-state index contributed by atoms with van der Waals surface area (Å²) in [5.41, 5.74) is 2.91. The summed E-state index contributed by atoms with van der Waals surface area (Å²) in [5, 5.41) is 5.04. The van der Waals surface area contributed by atoms with Gasteiger partial charge in [0.15, 0.2) is 4.34 Å². The summed E-state index contributed by atoms with van der Waals surface area (Å²) in [5.74, 6) is 1.11. The van der Waals surface area contributed by atoms with Crippen molar-refractivity contribution >= 4 is 46.5 Å². The number of aryl methyl sites for hydroxylation is 2. The number of benzene rings is 2. The molecule has 1 heterocycles. The van der Waals surface area contributed by atoms with Gasteiger partial charge in [-0.15, -0.1) is 23.1 Å². The largest absolute Gasteiger partial charge is 0.497 e. The number of methoxy groups -OCH3 is 1. The van der Waals surface area contributed by atoms with Crippen molar-refractivity contribution < 1.29 is 9.53 Å². The summed E-state index contributed by atoms with van der Waals surface area (Å²) in [4.78, 5) is 18.9. The molecule has 0 saturated carbocycles. The molecule has 0 radical (unpaired) electrons. The number of thiazole rings is 1. The van der Waals surface area contributed by atoms with Gasteiger partial charge >= 0.3 is 0 Å². The van der Waals surface area contributed by atoms with Crippen molar-refractivity contribution in [3.05, 3.63) is 59.1 Å². The number of carbonyl (C=O) groups excluding carboxylic acids is 1. The van der Waals surface area contributed by atoms with E-state index in [0.29, 0.717) is 5.75 Å². The van der Waals surface area contributed by atoms with Crippen LogP contribution in [0.1, 0.15) is 11.3 Å². The summed E-state index contributed by atoms with van der Waals surface area (Å²) in [6.07, 6.45) is 0. The summed E-state index contributed by atoms with van der Waals surface area (Å²) in [6.45, 7) is 4.00. The lowest BCUT2D eigenvalue weighted by molar-refractivity contribution is -0.113. The molecule has 0 aliphatic heterocycles. The number of rotatable bonds is 7. The normalized spacial score (nSPS) is 10.6. The minimum absolute atomic E-state index is 0.0260. The number of thioether (sulfide) groups is 1. The van der Waals surface area contributed by atoms with E-state index in [2.05, 4.69) is 16.4 Å². The number of ether oxygens (including phenoxy) is 1. The second kappa shape index (κ2) is 9.30. The number of hydrogen-bond acceptors (Lipinski definition) is 6. The van der Waals surface area contributed by atoms with Gasteiger partial charge in [-0.3, -0.25) is 4.79 Å². The maximum Gasteiger partial charge on any atom is 0.234 e. The summed E-state index contributed by atoms with van der Waals surface area (Å²) in [7, 11) is 1.64. The third kappa shape index (κ3) is 5.76. The summed E-state index contributed by atoms with van der Waals surface area (Å²) >= 11 is 4.77. The van der Waals surface area contributed by atoms with Crippen molar-refractivity contribution in [2.24, 2.45) is 0 Å². The van der Waals surface area contributed by atoms with Crippen molar-refractivity contribution in [3.8, 4) is 5.75 Å². The van der Waals surface area contributed by atoms with Gasteiger partial charge < -0.3 is 10.1 Å². The van der Waals surface area contributed by atoms with Crippen molar-refractivity contribution in [2.75, 3.05) is 18.2 Å². The lowest BCUT2D eigenvalue weighted by Gasteiger charge is -2.10. The van der Waals surface area contributed by atoms with E-state index in [4.69, 9.17) is 4.74 Å². The molecule has 0 aliphatic rings. The fourth-order valence-corrected chi connectivity index (χ4v) is 5.00. The highest BCUT2D eigenvalue weighted by Crippen LogP contribution is 2.32. The molecular formula is C20H20N2O2S3. The Bertz CT molecular complexity index is 940. The average molecular weight is 417 g/mol. The van der Waals surface area contributed by atoms with Crippen LogP contribution in [0.2, 0.25) is 0 Å². The van der Waals surface area contributed by atoms with Gasteiger partial charge in [-0.1, -0.05) is 17.8 Å². The van der Waals surface area contributed by atoms with Crippen LogP contribution in [0.5, 0.6) is 5.75 Å². The zero-order valence-corrected chi connectivity index (χ0v) is 17.8. The SMILES string of the molecule is COc1cccc(SCC(=O)Nc2ccc(Sc3nc(C)cs3)cc2C)c1. The van der Waals surface area contributed by atoms with Crippen LogP contribution in [0.25, 0.3) is 0 Å². The Morgan fingerprint density at radius 1 is 1.19 bits per heavy atom. The second-order valence-corrected chi connectivity index (χ2v) is 9.08. The molecule has 2 aromatic carbocycles. The van der Waals surface area contributed by atoms with Gasteiger partial charge in [0.2, 0.25) is 5.91 Å². The molecule has 3 rings (SSSR count). The van der Waals surface area contributed by atoms with E-state index >= 15 is 0 Å². The lowest BCUT2D eigenvalue weighted by atomic mass is 10.2. The van der Waals surface area contributed by atoms with Gasteiger partial charge in [0.05, 0.1) is 12.9 Å². The Morgan fingerprint density at radius 2 is 2.04 bits per heavy atom. The van der Waals surface area contributed by atoms with Crippen LogP contribution in [0.3, 0.4) is 0 Å². The number of anilines is 1. The fraction of sp³-hybridized carbons (Fsp3) is 0.200. The highest BCUT2D eigenvalue weighted by Gasteiger charge is 2.08. The van der Waals surface area contributed by atoms with Gasteiger partial charge in [-0.25, -0.2) is 4.98 Å². The summed E-state index contributed by atoms with van der Waals surface area (Å²) < 4.78 is 6.23. The number of carbonyl (C=O) groups is 1. The molecule has 0 atom stereocenters. The van der Waals surface area contributed by atoms with Crippen molar-refractivity contribution in [1.29, 1.82) is 0 Å². The summed E-state index contributed by atoms with van der Waals surface area (Å²) in [6, 6.07) is 13.7. The van der Waals surface area contributed by atoms with Crippen LogP contribution in [0.15, 0.2) is 62.0 Å². The Morgan fingerprint density at radius 3 is 2.74 bits per heavy atom. The predicted molar refractivity (Wildman–Crippen MR) is 115 cm³/mol. The first-order valence-corrected chi connectivity index (χ1v) is 11.0. The van der Waals surface area contributed by atoms with Crippen LogP contribution in [0, 0.1) is 13.8 Å². The molecule has 0 aliphatic carbocycles. The molecule has 1 aromatic heterocycles. The number of aromatic nitrogens is 1. The van der Waals surface area contributed by atoms with Crippen molar-refractivity contribution in [1.82, 2.24) is 4.98 Å². The van der Waals surface area contributed by atoms with E-state index in [1.54, 1.807) is 30.2 Å². The highest BCUT2D eigenvalue weighted by atomic mass is 32.2. The molecule has 3 aromatic rings. The topological polar surface area (TPSA) is 51.2 Å². The van der Waals surface area contributed by atoms with Crippen LogP contribution >= 0.6 is 34.9 Å². The van der Waals surface area contributed by atoms with Gasteiger partial charge in [0.1, 0.15) is 5.75 Å². The van der Waals surface area contributed by atoms with E-state index in [9.17, 15) is 4.79 Å². The molecular weight excluding hydrogens is 396 g/mol. The van der Waals surface area contributed by atoms with Gasteiger partial charge in [0, 0.05) is 26.6 Å². The van der Waals surface area contributed by atoms with Gasteiger partial charge in [-0.05, 0) is 55.8 Å². The smallest absolute Gasteiger partial charge is 0.234 e. The maximum absolute atomic E-state index is 12.3. The van der Waals surface area contributed by atoms with E-state index in [-0.39, 0.29) is 5.91 Å². The molecule has 1 N–H and O–H groups in total. The Labute approximate surface area is 171 Å². The van der Waals surface area contributed by atoms with E-state index in [1.165, 1.54) is 11.8 Å². The zero-order valence-electron chi connectivity index (χ0n) is 15.3. The van der Waals surface area contributed by atoms with E-state index in [1.807, 2.05) is 55.6 Å². The second-order valence-electron chi connectivity index (χ2n) is 5.85. The molecule has 27 heavy (non-hydrogen) atoms. The average Bonchev–Trinajstić information content (AvgIpc) is 3.07. The molecule has 140 valence electrons. The number of nitrogens with one attached hydrogen (secondary N) is 1. The van der Waals surface area contributed by atoms with Crippen molar-refractivity contribution in [3.63, 3.8) is 0 Å². The van der Waals surface area contributed by atoms with Crippen LogP contribution in [-0.4, -0.2) is 23.8 Å². The Balaban J connectivity index is 1.57. The number of nitrogens with zero attached hydrogens (tertiary/aromatic N) is 1. The molecule has 4 nitrogen and oxygen atoms in total. The fourth-order valence-electron chi connectivity index (χ4n) is 2.35. The van der Waals surface area contributed by atoms with Crippen LogP contribution in [0.4, 0.5) is 5.69 Å². The first kappa shape index (κ1) is 19.8. The number of amides is 1. The third-order valence-electron chi connectivity index (χ3n) is 3.69. The maximum atomic E-state index is 12.3. The van der Waals surface area contributed by atoms with Crippen molar-refractivity contribution in [2.45, 2.75) is 28.0 Å². The zero-order chi connectivity index (χ0) is 19.2. The first-order valence-electron chi connectivity index (χ1n) is 8.31. The Hall–Kier alpha value is -1.96. The quantitative estimate of drug-likeness (QED) is 0.504. The molecule has 0 unspecified atom stereocenters. The standard InChI is InChI=1S/C20H20N2O2S3/c1-13-9-17(27-20-21-14(2)11-26-20)7-8-18(13)22-19(23)12-25-16-6-4-5-15(10-16)24-3/h4-11H,12H2,1-3H3,(H,22,23).